The lowest BCUT2D eigenvalue weighted by Crippen LogP contribution is -2.51. The Bertz CT molecular complexity index is 856. The zero-order chi connectivity index (χ0) is 20.3. The van der Waals surface area contributed by atoms with Crippen molar-refractivity contribution in [1.29, 1.82) is 0 Å². The van der Waals surface area contributed by atoms with Crippen molar-refractivity contribution >= 4 is 27.7 Å². The third kappa shape index (κ3) is 4.60. The second-order valence-electron chi connectivity index (χ2n) is 6.95. The topological polar surface area (TPSA) is 89.9 Å². The molecule has 1 heterocycles. The highest BCUT2D eigenvalue weighted by atomic mass is 79.9. The lowest BCUT2D eigenvalue weighted by Gasteiger charge is -2.31. The van der Waals surface area contributed by atoms with Crippen LogP contribution in [0.3, 0.4) is 0 Å². The van der Waals surface area contributed by atoms with Gasteiger partial charge in [0.2, 0.25) is 0 Å². The number of aliphatic hydroxyl groups excluding tert-OH is 2. The highest BCUT2D eigenvalue weighted by Crippen LogP contribution is 2.20. The maximum Gasteiger partial charge on any atom is 0.255 e. The fourth-order valence-corrected chi connectivity index (χ4v) is 3.55. The highest BCUT2D eigenvalue weighted by molar-refractivity contribution is 9.10. The van der Waals surface area contributed by atoms with E-state index in [1.54, 1.807) is 6.92 Å². The van der Waals surface area contributed by atoms with Crippen LogP contribution in [-0.2, 0) is 22.6 Å². The molecule has 0 saturated heterocycles. The smallest absolute Gasteiger partial charge is 0.255 e. The van der Waals surface area contributed by atoms with Crippen molar-refractivity contribution in [3.05, 3.63) is 69.7 Å². The van der Waals surface area contributed by atoms with Crippen LogP contribution in [-0.4, -0.2) is 45.7 Å². The van der Waals surface area contributed by atoms with Crippen molar-refractivity contribution < 1.29 is 19.8 Å². The lowest BCUT2D eigenvalue weighted by molar-refractivity contribution is -0.154. The van der Waals surface area contributed by atoms with E-state index >= 15 is 0 Å². The van der Waals surface area contributed by atoms with Crippen LogP contribution in [0.5, 0.6) is 0 Å². The molecule has 0 bridgehead atoms. The molecule has 28 heavy (non-hydrogen) atoms. The molecule has 7 heteroatoms. The van der Waals surface area contributed by atoms with Crippen molar-refractivity contribution in [2.75, 3.05) is 6.54 Å². The minimum Gasteiger partial charge on any atom is -0.380 e. The number of fused-ring (bicyclic) bond motifs is 1. The van der Waals surface area contributed by atoms with Crippen LogP contribution in [0.15, 0.2) is 53.0 Å². The summed E-state index contributed by atoms with van der Waals surface area (Å²) in [5.74, 6) is -1.43. The quantitative estimate of drug-likeness (QED) is 0.654. The van der Waals surface area contributed by atoms with Crippen LogP contribution < -0.4 is 5.32 Å². The van der Waals surface area contributed by atoms with Gasteiger partial charge < -0.3 is 20.4 Å². The Morgan fingerprint density at radius 3 is 2.36 bits per heavy atom. The van der Waals surface area contributed by atoms with Crippen LogP contribution in [0.2, 0.25) is 0 Å². The van der Waals surface area contributed by atoms with Gasteiger partial charge in [-0.2, -0.15) is 0 Å². The number of carbonyl (C=O) groups excluding carboxylic acids is 2. The Labute approximate surface area is 172 Å². The van der Waals surface area contributed by atoms with E-state index in [2.05, 4.69) is 21.2 Å². The van der Waals surface area contributed by atoms with Crippen LogP contribution in [0.25, 0.3) is 0 Å². The molecule has 3 rings (SSSR count). The molecular weight excluding hydrogens is 424 g/mol. The molecule has 0 saturated carbocycles. The number of nitrogens with zero attached hydrogens (tertiary/aromatic N) is 1. The zero-order valence-corrected chi connectivity index (χ0v) is 17.1. The average molecular weight is 447 g/mol. The molecule has 1 aliphatic heterocycles. The Hall–Kier alpha value is -2.22. The number of nitrogens with one attached hydrogen (secondary N) is 1. The van der Waals surface area contributed by atoms with Gasteiger partial charge in [-0.15, -0.1) is 0 Å². The number of rotatable bonds is 5. The fourth-order valence-electron chi connectivity index (χ4n) is 3.28. The van der Waals surface area contributed by atoms with Gasteiger partial charge >= 0.3 is 0 Å². The summed E-state index contributed by atoms with van der Waals surface area (Å²) in [4.78, 5) is 26.4. The predicted octanol–water partition coefficient (Wildman–Crippen LogP) is 1.93. The molecule has 2 aromatic rings. The summed E-state index contributed by atoms with van der Waals surface area (Å²) < 4.78 is 0.916. The molecule has 0 spiro atoms. The molecule has 3 atom stereocenters. The second kappa shape index (κ2) is 8.86. The third-order valence-electron chi connectivity index (χ3n) is 4.99. The maximum absolute atomic E-state index is 12.6. The molecule has 0 aliphatic carbocycles. The first-order valence-corrected chi connectivity index (χ1v) is 9.93. The van der Waals surface area contributed by atoms with Gasteiger partial charge in [-0.25, -0.2) is 0 Å². The van der Waals surface area contributed by atoms with Crippen molar-refractivity contribution in [2.45, 2.75) is 38.1 Å². The van der Waals surface area contributed by atoms with E-state index in [1.807, 2.05) is 48.5 Å². The van der Waals surface area contributed by atoms with Crippen molar-refractivity contribution in [3.63, 3.8) is 0 Å². The van der Waals surface area contributed by atoms with E-state index in [0.29, 0.717) is 19.5 Å². The maximum atomic E-state index is 12.6. The number of aliphatic hydroxyl groups is 2. The monoisotopic (exact) mass is 446 g/mol. The Morgan fingerprint density at radius 1 is 1.04 bits per heavy atom. The molecule has 0 radical (unpaired) electrons. The SMILES string of the molecule is CC(NC(=O)[C@H](O)[C@@H](O)C(=O)N1CCc2ccccc2C1)c1ccc(Br)cc1. The second-order valence-corrected chi connectivity index (χ2v) is 7.87. The van der Waals surface area contributed by atoms with Crippen molar-refractivity contribution in [1.82, 2.24) is 10.2 Å². The summed E-state index contributed by atoms with van der Waals surface area (Å²) in [5, 5.41) is 23.1. The average Bonchev–Trinajstić information content (AvgIpc) is 2.72. The van der Waals surface area contributed by atoms with E-state index in [4.69, 9.17) is 0 Å². The highest BCUT2D eigenvalue weighted by Gasteiger charge is 2.35. The molecule has 1 unspecified atom stereocenters. The van der Waals surface area contributed by atoms with E-state index in [0.717, 1.165) is 15.6 Å². The first kappa shape index (κ1) is 20.5. The summed E-state index contributed by atoms with van der Waals surface area (Å²) in [5.41, 5.74) is 3.02. The van der Waals surface area contributed by atoms with Gasteiger partial charge in [0.15, 0.2) is 12.2 Å². The summed E-state index contributed by atoms with van der Waals surface area (Å²) >= 11 is 3.35. The Balaban J connectivity index is 1.60. The molecule has 2 amide bonds. The van der Waals surface area contributed by atoms with Gasteiger partial charge in [0.1, 0.15) is 0 Å². The largest absolute Gasteiger partial charge is 0.380 e. The Morgan fingerprint density at radius 2 is 1.68 bits per heavy atom. The van der Waals surface area contributed by atoms with E-state index in [9.17, 15) is 19.8 Å². The van der Waals surface area contributed by atoms with Crippen LogP contribution in [0.1, 0.15) is 29.7 Å². The predicted molar refractivity (Wildman–Crippen MR) is 108 cm³/mol. The molecule has 1 aliphatic rings. The minimum absolute atomic E-state index is 0.357. The van der Waals surface area contributed by atoms with Gasteiger partial charge in [-0.3, -0.25) is 9.59 Å². The van der Waals surface area contributed by atoms with Crippen molar-refractivity contribution in [2.24, 2.45) is 0 Å². The lowest BCUT2D eigenvalue weighted by atomic mass is 9.99. The number of carbonyl (C=O) groups is 2. The molecule has 0 aromatic heterocycles. The van der Waals surface area contributed by atoms with Crippen LogP contribution in [0.4, 0.5) is 0 Å². The number of halogens is 1. The standard InChI is InChI=1S/C21H23BrN2O4/c1-13(14-6-8-17(22)9-7-14)23-20(27)18(25)19(26)21(28)24-11-10-15-4-2-3-5-16(15)12-24/h2-9,13,18-19,25-26H,10-12H2,1H3,(H,23,27)/t13?,18-,19-/m1/s1. The summed E-state index contributed by atoms with van der Waals surface area (Å²) in [6.07, 6.45) is -2.96. The first-order valence-electron chi connectivity index (χ1n) is 9.14. The van der Waals surface area contributed by atoms with Gasteiger partial charge in [0.05, 0.1) is 6.04 Å². The van der Waals surface area contributed by atoms with Gasteiger partial charge in [0, 0.05) is 17.6 Å². The van der Waals surface area contributed by atoms with Gasteiger partial charge in [0.25, 0.3) is 11.8 Å². The van der Waals surface area contributed by atoms with Crippen LogP contribution >= 0.6 is 15.9 Å². The molecule has 0 fully saturated rings. The number of hydrogen-bond acceptors (Lipinski definition) is 4. The number of benzene rings is 2. The van der Waals surface area contributed by atoms with E-state index in [1.165, 1.54) is 10.5 Å². The Kier molecular flexibility index (Phi) is 6.49. The first-order chi connectivity index (χ1) is 13.4. The fraction of sp³-hybridized carbons (Fsp3) is 0.333. The number of hydrogen-bond donors (Lipinski definition) is 3. The normalized spacial score (nSPS) is 16.6. The van der Waals surface area contributed by atoms with Gasteiger partial charge in [-0.1, -0.05) is 52.3 Å². The minimum atomic E-state index is -1.83. The molecule has 2 aromatic carbocycles. The van der Waals surface area contributed by atoms with E-state index in [-0.39, 0.29) is 6.04 Å². The van der Waals surface area contributed by atoms with Crippen LogP contribution in [0, 0.1) is 0 Å². The summed E-state index contributed by atoms with van der Waals surface area (Å²) in [7, 11) is 0. The molecule has 3 N–H and O–H groups in total. The molecule has 148 valence electrons. The molecular formula is C21H23BrN2O4. The van der Waals surface area contributed by atoms with Gasteiger partial charge in [-0.05, 0) is 42.2 Å². The summed E-state index contributed by atoms with van der Waals surface area (Å²) in [6, 6.07) is 14.8. The summed E-state index contributed by atoms with van der Waals surface area (Å²) in [6.45, 7) is 2.57. The van der Waals surface area contributed by atoms with E-state index < -0.39 is 24.0 Å². The zero-order valence-electron chi connectivity index (χ0n) is 15.5. The third-order valence-corrected chi connectivity index (χ3v) is 5.52. The van der Waals surface area contributed by atoms with Crippen molar-refractivity contribution in [3.8, 4) is 0 Å². The molecule has 6 nitrogen and oxygen atoms in total. The number of amides is 2.